The second-order valence-corrected chi connectivity index (χ2v) is 9.50. The Hall–Kier alpha value is -3.66. The number of aldehydes is 1. The van der Waals surface area contributed by atoms with Gasteiger partial charge in [0.1, 0.15) is 0 Å². The first-order chi connectivity index (χ1) is 15.2. The third kappa shape index (κ3) is 4.50. The monoisotopic (exact) mass is 452 g/mol. The zero-order valence-electron chi connectivity index (χ0n) is 18.0. The van der Waals surface area contributed by atoms with Crippen LogP contribution < -0.4 is 19.8 Å². The molecule has 1 aliphatic rings. The summed E-state index contributed by atoms with van der Waals surface area (Å²) in [5, 5.41) is 3.16. The van der Waals surface area contributed by atoms with Gasteiger partial charge in [-0.1, -0.05) is 12.1 Å². The summed E-state index contributed by atoms with van der Waals surface area (Å²) >= 11 is 0. The van der Waals surface area contributed by atoms with Crippen LogP contribution >= 0.6 is 0 Å². The molecule has 1 aliphatic heterocycles. The van der Waals surface area contributed by atoms with E-state index < -0.39 is 10.0 Å². The highest BCUT2D eigenvalue weighted by Crippen LogP contribution is 2.40. The van der Waals surface area contributed by atoms with Gasteiger partial charge in [0.05, 0.1) is 23.8 Å². The van der Waals surface area contributed by atoms with Crippen molar-refractivity contribution in [2.24, 2.45) is 0 Å². The van der Waals surface area contributed by atoms with E-state index in [2.05, 4.69) is 19.9 Å². The van der Waals surface area contributed by atoms with Crippen molar-refractivity contribution in [3.05, 3.63) is 59.8 Å². The van der Waals surface area contributed by atoms with Crippen LogP contribution in [-0.4, -0.2) is 51.6 Å². The van der Waals surface area contributed by atoms with Gasteiger partial charge in [-0.2, -0.15) is 4.98 Å². The first-order valence-corrected chi connectivity index (χ1v) is 11.9. The van der Waals surface area contributed by atoms with E-state index in [-0.39, 0.29) is 0 Å². The Balaban J connectivity index is 1.67. The van der Waals surface area contributed by atoms with Gasteiger partial charge in [-0.05, 0) is 42.3 Å². The van der Waals surface area contributed by atoms with E-state index in [0.717, 1.165) is 35.9 Å². The van der Waals surface area contributed by atoms with E-state index in [9.17, 15) is 13.2 Å². The van der Waals surface area contributed by atoms with Crippen molar-refractivity contribution in [2.75, 3.05) is 46.7 Å². The molecule has 2 N–H and O–H groups in total. The normalized spacial score (nSPS) is 12.9. The summed E-state index contributed by atoms with van der Waals surface area (Å²) in [6.45, 7) is 0.712. The number of carbonyl (C=O) groups excluding carboxylic acids is 1. The SMILES string of the molecule is CN(C)c1cnc(Nc2ccc(NS(C)(=O)=O)cc2)nc1N1CCc2cccc(C=O)c21. The van der Waals surface area contributed by atoms with Gasteiger partial charge in [0.2, 0.25) is 16.0 Å². The molecule has 0 radical (unpaired) electrons. The molecule has 0 saturated carbocycles. The molecule has 0 spiro atoms. The van der Waals surface area contributed by atoms with Gasteiger partial charge in [0.15, 0.2) is 12.1 Å². The lowest BCUT2D eigenvalue weighted by molar-refractivity contribution is 0.112. The fourth-order valence-electron chi connectivity index (χ4n) is 3.70. The van der Waals surface area contributed by atoms with E-state index in [4.69, 9.17) is 4.98 Å². The maximum atomic E-state index is 11.7. The number of anilines is 6. The topological polar surface area (TPSA) is 108 Å². The van der Waals surface area contributed by atoms with E-state index >= 15 is 0 Å². The highest BCUT2D eigenvalue weighted by molar-refractivity contribution is 7.92. The van der Waals surface area contributed by atoms with Crippen molar-refractivity contribution in [1.29, 1.82) is 0 Å². The molecule has 32 heavy (non-hydrogen) atoms. The molecule has 0 unspecified atom stereocenters. The maximum Gasteiger partial charge on any atom is 0.229 e. The summed E-state index contributed by atoms with van der Waals surface area (Å²) < 4.78 is 25.2. The lowest BCUT2D eigenvalue weighted by Gasteiger charge is -2.25. The summed E-state index contributed by atoms with van der Waals surface area (Å²) in [5.41, 5.74) is 4.64. The number of nitrogens with zero attached hydrogens (tertiary/aromatic N) is 4. The number of sulfonamides is 1. The molecule has 0 aliphatic carbocycles. The van der Waals surface area contributed by atoms with Crippen LogP contribution in [0.4, 0.5) is 34.5 Å². The summed E-state index contributed by atoms with van der Waals surface area (Å²) in [6.07, 6.45) is 4.55. The van der Waals surface area contributed by atoms with Crippen molar-refractivity contribution < 1.29 is 13.2 Å². The van der Waals surface area contributed by atoms with E-state index in [1.807, 2.05) is 37.2 Å². The lowest BCUT2D eigenvalue weighted by atomic mass is 10.1. The minimum absolute atomic E-state index is 0.395. The van der Waals surface area contributed by atoms with Crippen LogP contribution in [0, 0.1) is 0 Å². The summed E-state index contributed by atoms with van der Waals surface area (Å²) in [7, 11) is 0.507. The van der Waals surface area contributed by atoms with Crippen molar-refractivity contribution in [3.8, 4) is 0 Å². The maximum absolute atomic E-state index is 11.7. The van der Waals surface area contributed by atoms with Crippen LogP contribution in [0.2, 0.25) is 0 Å². The molecule has 0 atom stereocenters. The molecular formula is C22H24N6O3S. The molecule has 4 rings (SSSR count). The second kappa shape index (κ2) is 8.46. The molecule has 2 aromatic carbocycles. The van der Waals surface area contributed by atoms with Crippen molar-refractivity contribution in [2.45, 2.75) is 6.42 Å². The zero-order chi connectivity index (χ0) is 22.9. The average molecular weight is 453 g/mol. The molecule has 1 aromatic heterocycles. The Morgan fingerprint density at radius 2 is 1.81 bits per heavy atom. The lowest BCUT2D eigenvalue weighted by Crippen LogP contribution is -2.21. The molecular weight excluding hydrogens is 428 g/mol. The van der Waals surface area contributed by atoms with Gasteiger partial charge in [-0.3, -0.25) is 9.52 Å². The van der Waals surface area contributed by atoms with Gasteiger partial charge in [-0.15, -0.1) is 0 Å². The molecule has 0 amide bonds. The highest BCUT2D eigenvalue weighted by atomic mass is 32.2. The Kier molecular flexibility index (Phi) is 5.70. The molecule has 0 bridgehead atoms. The predicted molar refractivity (Wildman–Crippen MR) is 127 cm³/mol. The molecule has 3 aromatic rings. The average Bonchev–Trinajstić information content (AvgIpc) is 3.18. The third-order valence-corrected chi connectivity index (χ3v) is 5.69. The number of hydrogen-bond acceptors (Lipinski definition) is 8. The van der Waals surface area contributed by atoms with Crippen LogP contribution in [0.5, 0.6) is 0 Å². The summed E-state index contributed by atoms with van der Waals surface area (Å²) in [5.74, 6) is 1.10. The number of carbonyl (C=O) groups is 1. The molecule has 2 heterocycles. The van der Waals surface area contributed by atoms with Crippen molar-refractivity contribution in [3.63, 3.8) is 0 Å². The smallest absolute Gasteiger partial charge is 0.229 e. The van der Waals surface area contributed by atoms with Crippen LogP contribution in [0.25, 0.3) is 0 Å². The summed E-state index contributed by atoms with van der Waals surface area (Å²) in [6, 6.07) is 12.5. The summed E-state index contributed by atoms with van der Waals surface area (Å²) in [4.78, 5) is 24.9. The Morgan fingerprint density at radius 3 is 2.47 bits per heavy atom. The minimum Gasteiger partial charge on any atom is -0.373 e. The van der Waals surface area contributed by atoms with Gasteiger partial charge in [0, 0.05) is 37.6 Å². The Bertz CT molecular complexity index is 1260. The van der Waals surface area contributed by atoms with Crippen LogP contribution in [0.1, 0.15) is 15.9 Å². The van der Waals surface area contributed by atoms with Crippen LogP contribution in [-0.2, 0) is 16.4 Å². The molecule has 166 valence electrons. The van der Waals surface area contributed by atoms with Crippen LogP contribution in [0.15, 0.2) is 48.7 Å². The molecule has 0 fully saturated rings. The Morgan fingerprint density at radius 1 is 1.09 bits per heavy atom. The number of fused-ring (bicyclic) bond motifs is 1. The highest BCUT2D eigenvalue weighted by Gasteiger charge is 2.27. The van der Waals surface area contributed by atoms with Crippen molar-refractivity contribution in [1.82, 2.24) is 9.97 Å². The number of rotatable bonds is 7. The number of nitrogens with one attached hydrogen (secondary N) is 2. The standard InChI is InChI=1S/C22H24N6O3S/c1-27(2)19-13-23-22(24-17-7-9-18(10-8-17)26-32(3,30)31)25-21(19)28-12-11-15-5-4-6-16(14-29)20(15)28/h4-10,13-14,26H,11-12H2,1-3H3,(H,23,24,25). The number of para-hydroxylation sites is 1. The quantitative estimate of drug-likeness (QED) is 0.527. The van der Waals surface area contributed by atoms with Crippen LogP contribution in [0.3, 0.4) is 0 Å². The van der Waals surface area contributed by atoms with Gasteiger partial charge < -0.3 is 15.1 Å². The van der Waals surface area contributed by atoms with E-state index in [0.29, 0.717) is 35.2 Å². The van der Waals surface area contributed by atoms with E-state index in [1.165, 1.54) is 0 Å². The first kappa shape index (κ1) is 21.6. The second-order valence-electron chi connectivity index (χ2n) is 7.75. The minimum atomic E-state index is -3.34. The number of aromatic nitrogens is 2. The zero-order valence-corrected chi connectivity index (χ0v) is 18.8. The predicted octanol–water partition coefficient (Wildman–Crippen LogP) is 3.16. The third-order valence-electron chi connectivity index (χ3n) is 5.08. The molecule has 9 nitrogen and oxygen atoms in total. The van der Waals surface area contributed by atoms with E-state index in [1.54, 1.807) is 30.5 Å². The van der Waals surface area contributed by atoms with Gasteiger partial charge in [-0.25, -0.2) is 13.4 Å². The fourth-order valence-corrected chi connectivity index (χ4v) is 4.26. The first-order valence-electron chi connectivity index (χ1n) is 9.99. The van der Waals surface area contributed by atoms with Gasteiger partial charge in [0.25, 0.3) is 0 Å². The molecule has 0 saturated heterocycles. The van der Waals surface area contributed by atoms with Gasteiger partial charge >= 0.3 is 0 Å². The largest absolute Gasteiger partial charge is 0.373 e. The Labute approximate surface area is 187 Å². The fraction of sp³-hybridized carbons (Fsp3) is 0.227. The number of hydrogen-bond donors (Lipinski definition) is 2. The van der Waals surface area contributed by atoms with Crippen molar-refractivity contribution >= 4 is 50.8 Å². The number of benzene rings is 2. The molecule has 10 heteroatoms.